The van der Waals surface area contributed by atoms with Gasteiger partial charge in [-0.2, -0.15) is 0 Å². The second-order valence-electron chi connectivity index (χ2n) is 19.1. The number of fused-ring (bicyclic) bond motifs is 9. The molecule has 70 heavy (non-hydrogen) atoms. The average Bonchev–Trinajstić information content (AvgIpc) is 4.08. The van der Waals surface area contributed by atoms with Gasteiger partial charge in [-0.25, -0.2) is 0 Å². The molecular formula is C67H47B3. The van der Waals surface area contributed by atoms with E-state index < -0.39 is 0 Å². The zero-order valence-corrected chi connectivity index (χ0v) is 39.2. The van der Waals surface area contributed by atoms with Crippen molar-refractivity contribution < 1.29 is 0 Å². The van der Waals surface area contributed by atoms with Crippen molar-refractivity contribution in [3.63, 3.8) is 0 Å². The van der Waals surface area contributed by atoms with E-state index >= 15 is 0 Å². The normalized spacial score (nSPS) is 12.8. The van der Waals surface area contributed by atoms with Crippen LogP contribution in [0.1, 0.15) is 23.6 Å². The van der Waals surface area contributed by atoms with Gasteiger partial charge in [0.2, 0.25) is 6.71 Å². The molecular weight excluding hydrogens is 837 g/mol. The number of hydrogen-bond acceptors (Lipinski definition) is 0. The van der Waals surface area contributed by atoms with Crippen LogP contribution in [0.5, 0.6) is 0 Å². The minimum atomic E-state index is 0.155. The minimum absolute atomic E-state index is 0.155. The van der Waals surface area contributed by atoms with Gasteiger partial charge in [0.15, 0.2) is 0 Å². The Bertz CT molecular complexity index is 3780. The Morgan fingerprint density at radius 1 is 0.429 bits per heavy atom. The SMILES string of the molecule is C=C/C=C\C(=C/C)c1cccc(-c2ccc3c(c2)-c2ccccc2B3c2ccc3c(c2)-c2cc(-c4ccc5c(c4)-c4cc(-c6cccc(-c7cbccc7)c6)ccc4B5c4ccccc4)ccc2C3)c1. The average molecular weight is 885 g/mol. The van der Waals surface area contributed by atoms with E-state index in [4.69, 9.17) is 0 Å². The molecule has 3 aliphatic rings. The van der Waals surface area contributed by atoms with E-state index in [2.05, 4.69) is 251 Å². The maximum absolute atomic E-state index is 3.87. The van der Waals surface area contributed by atoms with E-state index in [1.807, 2.05) is 12.2 Å². The smallest absolute Gasteiger partial charge is 0.0628 e. The summed E-state index contributed by atoms with van der Waals surface area (Å²) in [5, 5.41) is 0. The van der Waals surface area contributed by atoms with Crippen LogP contribution in [0.4, 0.5) is 0 Å². The third kappa shape index (κ3) is 7.16. The molecule has 0 saturated heterocycles. The molecule has 13 rings (SSSR count). The summed E-state index contributed by atoms with van der Waals surface area (Å²) >= 11 is 0. The zero-order chi connectivity index (χ0) is 46.7. The van der Waals surface area contributed by atoms with Crippen molar-refractivity contribution in [2.24, 2.45) is 0 Å². The van der Waals surface area contributed by atoms with Crippen LogP contribution in [-0.2, 0) is 6.42 Å². The predicted octanol–water partition coefficient (Wildman–Crippen LogP) is 12.4. The van der Waals surface area contributed by atoms with Crippen molar-refractivity contribution in [3.8, 4) is 77.9 Å². The summed E-state index contributed by atoms with van der Waals surface area (Å²) in [6.45, 7) is 8.42. The summed E-state index contributed by atoms with van der Waals surface area (Å²) in [5.41, 5.74) is 31.2. The number of hydrogen-bond donors (Lipinski definition) is 0. The fourth-order valence-electron chi connectivity index (χ4n) is 11.8. The van der Waals surface area contributed by atoms with Crippen LogP contribution in [0.15, 0.2) is 249 Å². The van der Waals surface area contributed by atoms with E-state index in [0.29, 0.717) is 0 Å². The third-order valence-corrected chi connectivity index (χ3v) is 15.2. The molecule has 0 N–H and O–H groups in total. The van der Waals surface area contributed by atoms with Crippen LogP contribution in [-0.4, -0.2) is 20.3 Å². The van der Waals surface area contributed by atoms with E-state index in [0.717, 1.165) is 6.42 Å². The summed E-state index contributed by atoms with van der Waals surface area (Å²) in [6.07, 6.45) is 9.07. The molecule has 0 atom stereocenters. The van der Waals surface area contributed by atoms with Gasteiger partial charge in [0.05, 0.1) is 0 Å². The quantitative estimate of drug-likeness (QED) is 0.100. The third-order valence-electron chi connectivity index (χ3n) is 15.2. The Morgan fingerprint density at radius 2 is 0.957 bits per heavy atom. The fourth-order valence-corrected chi connectivity index (χ4v) is 11.8. The summed E-state index contributed by atoms with van der Waals surface area (Å²) in [6, 6.07) is 78.2. The second kappa shape index (κ2) is 17.4. The molecule has 0 bridgehead atoms. The molecule has 0 fully saturated rings. The van der Waals surface area contributed by atoms with E-state index in [1.54, 1.807) is 0 Å². The van der Waals surface area contributed by atoms with Gasteiger partial charge in [-0.3, -0.25) is 0 Å². The summed E-state index contributed by atoms with van der Waals surface area (Å²) < 4.78 is 0. The molecule has 0 unspecified atom stereocenters. The van der Waals surface area contributed by atoms with Crippen molar-refractivity contribution in [1.82, 2.24) is 0 Å². The standard InChI is InChI=1S/C67H47B3/c1-3-5-14-44(4-2)45-15-11-16-46(35-45)50-27-31-65-61(39-50)58-22-9-10-23-64(58)70(65)57-30-26-54-37-53-25-24-49(38-59(53)60(54)42-57)52-29-33-67-63(41-52)62-40-51(28-32-66(62)69(67)56-20-7-6-8-21-56)47-17-12-18-48(36-47)55-19-13-34-68-43-55/h3-36,38-43H,1,37H2,2H3/b14-5-,44-4+. The van der Waals surface area contributed by atoms with Gasteiger partial charge in [-0.05, 0) is 87.2 Å². The number of rotatable bonds is 9. The zero-order valence-electron chi connectivity index (χ0n) is 39.2. The number of allylic oxidation sites excluding steroid dienone is 5. The van der Waals surface area contributed by atoms with Gasteiger partial charge in [0, 0.05) is 0 Å². The first-order chi connectivity index (χ1) is 34.6. The molecule has 1 aromatic heterocycles. The van der Waals surface area contributed by atoms with Crippen LogP contribution in [0.2, 0.25) is 0 Å². The number of benzene rings is 9. The molecule has 9 aromatic carbocycles. The first-order valence-corrected chi connectivity index (χ1v) is 24.7. The molecule has 10 aromatic rings. The van der Waals surface area contributed by atoms with E-state index in [-0.39, 0.29) is 13.4 Å². The Kier molecular flexibility index (Phi) is 10.4. The van der Waals surface area contributed by atoms with Crippen molar-refractivity contribution in [2.75, 3.05) is 0 Å². The van der Waals surface area contributed by atoms with Gasteiger partial charge in [0.1, 0.15) is 0 Å². The summed E-state index contributed by atoms with van der Waals surface area (Å²) in [5.74, 6) is 4.27. The molecule has 0 saturated carbocycles. The molecule has 3 heteroatoms. The van der Waals surface area contributed by atoms with Gasteiger partial charge in [-0.1, -0.05) is 150 Å². The Hall–Kier alpha value is -8.26. The molecule has 3 heterocycles. The second-order valence-corrected chi connectivity index (χ2v) is 19.1. The molecule has 324 valence electrons. The van der Waals surface area contributed by atoms with Crippen molar-refractivity contribution >= 4 is 58.7 Å². The van der Waals surface area contributed by atoms with Crippen molar-refractivity contribution in [2.45, 2.75) is 13.3 Å². The van der Waals surface area contributed by atoms with Crippen LogP contribution in [0.25, 0.3) is 83.5 Å². The minimum Gasteiger partial charge on any atom is -0.0628 e. The van der Waals surface area contributed by atoms with Crippen LogP contribution >= 0.6 is 0 Å². The van der Waals surface area contributed by atoms with E-state index in [1.165, 1.54) is 133 Å². The van der Waals surface area contributed by atoms with Gasteiger partial charge < -0.3 is 0 Å². The predicted molar refractivity (Wildman–Crippen MR) is 304 cm³/mol. The van der Waals surface area contributed by atoms with Gasteiger partial charge in [-0.15, -0.1) is 0 Å². The van der Waals surface area contributed by atoms with Gasteiger partial charge in [0.25, 0.3) is 0 Å². The van der Waals surface area contributed by atoms with Crippen molar-refractivity contribution in [3.05, 3.63) is 266 Å². The first-order valence-electron chi connectivity index (χ1n) is 24.7. The van der Waals surface area contributed by atoms with Crippen LogP contribution in [0, 0.1) is 0 Å². The first kappa shape index (κ1) is 41.9. The molecule has 0 amide bonds. The Balaban J connectivity index is 0.861. The topological polar surface area (TPSA) is 0 Å². The fraction of sp³-hybridized carbons (Fsp3) is 0.0299. The molecule has 0 spiro atoms. The monoisotopic (exact) mass is 884 g/mol. The molecule has 0 nitrogen and oxygen atoms in total. The summed E-state index contributed by atoms with van der Waals surface area (Å²) in [7, 11) is 0. The van der Waals surface area contributed by atoms with Crippen molar-refractivity contribution in [1.29, 1.82) is 0 Å². The molecule has 2 aliphatic heterocycles. The van der Waals surface area contributed by atoms with Gasteiger partial charge >= 0.3 is 171 Å². The van der Waals surface area contributed by atoms with E-state index in [9.17, 15) is 0 Å². The Labute approximate surface area is 413 Å². The molecule has 0 radical (unpaired) electrons. The molecule has 1 aliphatic carbocycles. The van der Waals surface area contributed by atoms with Crippen LogP contribution < -0.4 is 32.8 Å². The maximum atomic E-state index is 3.87. The summed E-state index contributed by atoms with van der Waals surface area (Å²) in [4.78, 5) is 0. The Morgan fingerprint density at radius 3 is 1.63 bits per heavy atom. The van der Waals surface area contributed by atoms with Crippen LogP contribution in [0.3, 0.4) is 0 Å².